The van der Waals surface area contributed by atoms with Gasteiger partial charge in [0, 0.05) is 63.6 Å². The van der Waals surface area contributed by atoms with E-state index in [2.05, 4.69) is 39.5 Å². The Kier molecular flexibility index (Phi) is 7.08. The predicted octanol–water partition coefficient (Wildman–Crippen LogP) is 3.23. The molecule has 2 heterocycles. The molecule has 0 radical (unpaired) electrons. The van der Waals surface area contributed by atoms with Gasteiger partial charge >= 0.3 is 0 Å². The van der Waals surface area contributed by atoms with E-state index in [1.165, 1.54) is 5.56 Å². The first kappa shape index (κ1) is 21.8. The highest BCUT2D eigenvalue weighted by atomic mass is 16.2. The molecule has 0 aliphatic carbocycles. The Hall–Kier alpha value is -2.89. The molecule has 1 N–H and O–H groups in total. The van der Waals surface area contributed by atoms with Crippen LogP contribution in [0.5, 0.6) is 0 Å². The summed E-state index contributed by atoms with van der Waals surface area (Å²) in [5.74, 6) is 0.385. The Morgan fingerprint density at radius 3 is 2.33 bits per heavy atom. The zero-order valence-corrected chi connectivity index (χ0v) is 18.4. The summed E-state index contributed by atoms with van der Waals surface area (Å²) in [6.07, 6.45) is 4.28. The Bertz CT molecular complexity index is 854. The third-order valence-electron chi connectivity index (χ3n) is 5.78. The Balaban J connectivity index is 1.52. The molecule has 0 saturated carbocycles. The van der Waals surface area contributed by atoms with E-state index in [-0.39, 0.29) is 17.9 Å². The number of piperidine rings is 1. The molecular weight excluding hydrogens is 376 g/mol. The molecule has 0 bridgehead atoms. The molecule has 6 nitrogen and oxygen atoms in total. The van der Waals surface area contributed by atoms with Gasteiger partial charge in [0.1, 0.15) is 0 Å². The van der Waals surface area contributed by atoms with Crippen molar-refractivity contribution in [2.75, 3.05) is 32.1 Å². The molecule has 0 spiro atoms. The van der Waals surface area contributed by atoms with E-state index in [0.29, 0.717) is 11.5 Å². The average molecular weight is 409 g/mol. The van der Waals surface area contributed by atoms with E-state index in [1.807, 2.05) is 38.1 Å². The second-order valence-electron chi connectivity index (χ2n) is 8.39. The maximum absolute atomic E-state index is 12.6. The number of nitrogens with zero attached hydrogens (tertiary/aromatic N) is 3. The average Bonchev–Trinajstić information content (AvgIpc) is 2.74. The van der Waals surface area contributed by atoms with Gasteiger partial charge < -0.3 is 15.1 Å². The summed E-state index contributed by atoms with van der Waals surface area (Å²) >= 11 is 0. The van der Waals surface area contributed by atoms with Crippen LogP contribution in [0.4, 0.5) is 5.69 Å². The fourth-order valence-corrected chi connectivity index (χ4v) is 3.91. The van der Waals surface area contributed by atoms with Gasteiger partial charge in [-0.15, -0.1) is 0 Å². The minimum absolute atomic E-state index is 0.0262. The Morgan fingerprint density at radius 1 is 1.13 bits per heavy atom. The lowest BCUT2D eigenvalue weighted by molar-refractivity contribution is -0.129. The maximum atomic E-state index is 12.6. The molecule has 1 aliphatic heterocycles. The number of carbonyl (C=O) groups is 2. The topological polar surface area (TPSA) is 65.5 Å². The second kappa shape index (κ2) is 9.74. The van der Waals surface area contributed by atoms with Crippen molar-refractivity contribution in [1.29, 1.82) is 0 Å². The van der Waals surface area contributed by atoms with Gasteiger partial charge in [0.15, 0.2) is 0 Å². The minimum Gasteiger partial charge on any atom is -0.378 e. The van der Waals surface area contributed by atoms with Gasteiger partial charge in [-0.05, 0) is 56.0 Å². The monoisotopic (exact) mass is 408 g/mol. The quantitative estimate of drug-likeness (QED) is 0.797. The summed E-state index contributed by atoms with van der Waals surface area (Å²) in [5, 5.41) is 3.07. The van der Waals surface area contributed by atoms with Crippen LogP contribution in [0.3, 0.4) is 0 Å². The van der Waals surface area contributed by atoms with Crippen LogP contribution in [-0.4, -0.2) is 54.9 Å². The van der Waals surface area contributed by atoms with Crippen molar-refractivity contribution in [3.8, 4) is 0 Å². The number of anilines is 1. The second-order valence-corrected chi connectivity index (χ2v) is 8.39. The van der Waals surface area contributed by atoms with Crippen LogP contribution in [0.1, 0.15) is 54.2 Å². The summed E-state index contributed by atoms with van der Waals surface area (Å²) in [7, 11) is 4.04. The number of amides is 2. The van der Waals surface area contributed by atoms with Crippen molar-refractivity contribution in [3.05, 3.63) is 59.4 Å². The zero-order chi connectivity index (χ0) is 21.7. The van der Waals surface area contributed by atoms with Gasteiger partial charge in [-0.3, -0.25) is 14.6 Å². The van der Waals surface area contributed by atoms with E-state index < -0.39 is 0 Å². The number of rotatable bonds is 6. The molecule has 2 amide bonds. The fourth-order valence-electron chi connectivity index (χ4n) is 3.91. The van der Waals surface area contributed by atoms with Crippen molar-refractivity contribution in [3.63, 3.8) is 0 Å². The summed E-state index contributed by atoms with van der Waals surface area (Å²) in [5.41, 5.74) is 3.94. The Morgan fingerprint density at radius 2 is 1.80 bits per heavy atom. The van der Waals surface area contributed by atoms with Crippen LogP contribution in [0, 0.1) is 0 Å². The van der Waals surface area contributed by atoms with E-state index in [4.69, 9.17) is 0 Å². The molecule has 3 rings (SSSR count). The van der Waals surface area contributed by atoms with Crippen LogP contribution in [0.2, 0.25) is 0 Å². The van der Waals surface area contributed by atoms with Crippen molar-refractivity contribution in [2.24, 2.45) is 0 Å². The third kappa shape index (κ3) is 5.59. The number of benzene rings is 1. The first-order valence-corrected chi connectivity index (χ1v) is 10.6. The molecule has 30 heavy (non-hydrogen) atoms. The first-order chi connectivity index (χ1) is 14.3. The molecule has 1 aliphatic rings. The molecule has 2 aromatic rings. The zero-order valence-electron chi connectivity index (χ0n) is 18.4. The van der Waals surface area contributed by atoms with Crippen LogP contribution in [-0.2, 0) is 11.2 Å². The fraction of sp³-hybridized carbons (Fsp3) is 0.458. The van der Waals surface area contributed by atoms with E-state index >= 15 is 0 Å². The van der Waals surface area contributed by atoms with Gasteiger partial charge in [0.25, 0.3) is 5.91 Å². The van der Waals surface area contributed by atoms with E-state index in [0.717, 1.165) is 43.7 Å². The Labute approximate surface area is 179 Å². The smallest absolute Gasteiger partial charge is 0.253 e. The number of hydrogen-bond acceptors (Lipinski definition) is 4. The van der Waals surface area contributed by atoms with E-state index in [9.17, 15) is 9.59 Å². The number of likely N-dealkylation sites (tertiary alicyclic amines) is 1. The molecular formula is C24H32N4O2. The lowest BCUT2D eigenvalue weighted by Gasteiger charge is -2.31. The van der Waals surface area contributed by atoms with Gasteiger partial charge in [-0.2, -0.15) is 0 Å². The molecule has 160 valence electrons. The standard InChI is InChI=1S/C24H32N4O2/c1-17(15-19-5-8-22(9-6-19)27(3)4)26-24(30)21-7-10-23(25-16-21)20-11-13-28(14-12-20)18(2)29/h5-10,16-17,20H,11-15H2,1-4H3,(H,26,30). The maximum Gasteiger partial charge on any atom is 0.253 e. The van der Waals surface area contributed by atoms with Gasteiger partial charge in [-0.1, -0.05) is 12.1 Å². The van der Waals surface area contributed by atoms with Crippen molar-refractivity contribution >= 4 is 17.5 Å². The highest BCUT2D eigenvalue weighted by Crippen LogP contribution is 2.26. The van der Waals surface area contributed by atoms with Gasteiger partial charge in [0.2, 0.25) is 5.91 Å². The molecule has 1 saturated heterocycles. The summed E-state index contributed by atoms with van der Waals surface area (Å²) < 4.78 is 0. The van der Waals surface area contributed by atoms with Crippen LogP contribution in [0.15, 0.2) is 42.6 Å². The minimum atomic E-state index is -0.0992. The number of aromatic nitrogens is 1. The number of nitrogens with one attached hydrogen (secondary N) is 1. The molecule has 1 aromatic carbocycles. The molecule has 6 heteroatoms. The molecule has 1 unspecified atom stereocenters. The van der Waals surface area contributed by atoms with Gasteiger partial charge in [-0.25, -0.2) is 0 Å². The largest absolute Gasteiger partial charge is 0.378 e. The molecule has 1 fully saturated rings. The first-order valence-electron chi connectivity index (χ1n) is 10.6. The molecule has 1 aromatic heterocycles. The molecule has 1 atom stereocenters. The third-order valence-corrected chi connectivity index (χ3v) is 5.78. The highest BCUT2D eigenvalue weighted by molar-refractivity contribution is 5.94. The van der Waals surface area contributed by atoms with E-state index in [1.54, 1.807) is 13.1 Å². The number of hydrogen-bond donors (Lipinski definition) is 1. The van der Waals surface area contributed by atoms with Crippen LogP contribution >= 0.6 is 0 Å². The summed E-state index contributed by atoms with van der Waals surface area (Å²) in [4.78, 5) is 32.6. The number of pyridine rings is 1. The lowest BCUT2D eigenvalue weighted by Crippen LogP contribution is -2.36. The van der Waals surface area contributed by atoms with Gasteiger partial charge in [0.05, 0.1) is 5.56 Å². The predicted molar refractivity (Wildman–Crippen MR) is 120 cm³/mol. The summed E-state index contributed by atoms with van der Waals surface area (Å²) in [6.45, 7) is 5.18. The van der Waals surface area contributed by atoms with Crippen molar-refractivity contribution < 1.29 is 9.59 Å². The summed E-state index contributed by atoms with van der Waals surface area (Å²) in [6, 6.07) is 12.2. The lowest BCUT2D eigenvalue weighted by atomic mass is 9.93. The van der Waals surface area contributed by atoms with Crippen LogP contribution in [0.25, 0.3) is 0 Å². The normalized spacial score (nSPS) is 15.5. The number of carbonyl (C=O) groups excluding carboxylic acids is 2. The van der Waals surface area contributed by atoms with Crippen molar-refractivity contribution in [2.45, 2.75) is 45.1 Å². The van der Waals surface area contributed by atoms with Crippen LogP contribution < -0.4 is 10.2 Å². The van der Waals surface area contributed by atoms with Crippen molar-refractivity contribution in [1.82, 2.24) is 15.2 Å². The SMILES string of the molecule is CC(=O)N1CCC(c2ccc(C(=O)NC(C)Cc3ccc(N(C)C)cc3)cn2)CC1. The highest BCUT2D eigenvalue weighted by Gasteiger charge is 2.23.